The third kappa shape index (κ3) is 4.75. The Bertz CT molecular complexity index is 1230. The summed E-state index contributed by atoms with van der Waals surface area (Å²) in [7, 11) is 0. The molecule has 2 aromatic carbocycles. The molecule has 7 heteroatoms. The fraction of sp³-hybridized carbons (Fsp3) is 0.200. The Morgan fingerprint density at radius 3 is 2.44 bits per heavy atom. The largest absolute Gasteiger partial charge is 0.462 e. The number of allylic oxidation sites excluding steroid dienone is 1. The number of nitrogens with zero attached hydrogens (tertiary/aromatic N) is 2. The number of carbonyl (C=O) groups is 1. The number of hydrogen-bond donors (Lipinski definition) is 0. The van der Waals surface area contributed by atoms with Gasteiger partial charge in [0, 0.05) is 17.1 Å². The van der Waals surface area contributed by atoms with Gasteiger partial charge < -0.3 is 9.30 Å². The van der Waals surface area contributed by atoms with E-state index in [2.05, 4.69) is 0 Å². The molecule has 3 aromatic rings. The highest BCUT2D eigenvalue weighted by molar-refractivity contribution is 5.91. The minimum atomic E-state index is -4.49. The van der Waals surface area contributed by atoms with Gasteiger partial charge in [-0.15, -0.1) is 0 Å². The molecule has 0 N–H and O–H groups in total. The van der Waals surface area contributed by atoms with E-state index in [-0.39, 0.29) is 17.7 Å². The first kappa shape index (κ1) is 22.9. The lowest BCUT2D eigenvalue weighted by Crippen LogP contribution is -2.06. The van der Waals surface area contributed by atoms with Crippen molar-refractivity contribution in [2.45, 2.75) is 26.9 Å². The van der Waals surface area contributed by atoms with Gasteiger partial charge in [0.1, 0.15) is 0 Å². The second-order valence-corrected chi connectivity index (χ2v) is 7.18. The standard InChI is InChI=1S/C25H21F3N2O2/c1-4-32-24(31)19-8-6-10-23(14-19)30-16(2)11-20(17(30)3)12-21(15-29)18-7-5-9-22(13-18)25(26,27)28/h5-14H,4H2,1-3H3/b21-12-. The van der Waals surface area contributed by atoms with Gasteiger partial charge in [0.25, 0.3) is 0 Å². The van der Waals surface area contributed by atoms with Gasteiger partial charge in [-0.1, -0.05) is 18.2 Å². The van der Waals surface area contributed by atoms with Crippen molar-refractivity contribution in [2.75, 3.05) is 6.61 Å². The molecule has 0 fully saturated rings. The average molecular weight is 438 g/mol. The Labute approximate surface area is 184 Å². The summed E-state index contributed by atoms with van der Waals surface area (Å²) < 4.78 is 46.2. The third-order valence-electron chi connectivity index (χ3n) is 5.01. The summed E-state index contributed by atoms with van der Waals surface area (Å²) in [6.07, 6.45) is -2.92. The van der Waals surface area contributed by atoms with Crippen LogP contribution < -0.4 is 0 Å². The number of aryl methyl sites for hydroxylation is 1. The van der Waals surface area contributed by atoms with E-state index in [4.69, 9.17) is 4.74 Å². The minimum absolute atomic E-state index is 0.122. The molecule has 0 bridgehead atoms. The van der Waals surface area contributed by atoms with Crippen LogP contribution in [0.2, 0.25) is 0 Å². The van der Waals surface area contributed by atoms with Crippen molar-refractivity contribution in [3.05, 3.63) is 88.2 Å². The van der Waals surface area contributed by atoms with Crippen molar-refractivity contribution >= 4 is 17.6 Å². The summed E-state index contributed by atoms with van der Waals surface area (Å²) in [6.45, 7) is 5.72. The van der Waals surface area contributed by atoms with Crippen LogP contribution in [0.4, 0.5) is 13.2 Å². The first-order valence-corrected chi connectivity index (χ1v) is 9.91. The number of aromatic nitrogens is 1. The van der Waals surface area contributed by atoms with E-state index in [0.717, 1.165) is 29.2 Å². The highest BCUT2D eigenvalue weighted by Crippen LogP contribution is 2.32. The van der Waals surface area contributed by atoms with Gasteiger partial charge in [0.2, 0.25) is 0 Å². The van der Waals surface area contributed by atoms with Crippen LogP contribution in [0.1, 0.15) is 45.4 Å². The maximum Gasteiger partial charge on any atom is 0.416 e. The van der Waals surface area contributed by atoms with Gasteiger partial charge in [-0.3, -0.25) is 0 Å². The molecule has 0 atom stereocenters. The first-order valence-electron chi connectivity index (χ1n) is 9.91. The zero-order valence-corrected chi connectivity index (χ0v) is 17.8. The molecule has 0 saturated heterocycles. The molecular formula is C25H21F3N2O2. The number of ether oxygens (including phenoxy) is 1. The van der Waals surface area contributed by atoms with Gasteiger partial charge in [-0.25, -0.2) is 4.79 Å². The summed E-state index contributed by atoms with van der Waals surface area (Å²) in [5.74, 6) is -0.423. The molecule has 0 unspecified atom stereocenters. The van der Waals surface area contributed by atoms with E-state index in [1.54, 1.807) is 31.2 Å². The molecule has 0 aliphatic rings. The van der Waals surface area contributed by atoms with Crippen molar-refractivity contribution in [1.29, 1.82) is 5.26 Å². The maximum absolute atomic E-state index is 13.1. The average Bonchev–Trinajstić information content (AvgIpc) is 3.04. The number of hydrogen-bond acceptors (Lipinski definition) is 3. The number of alkyl halides is 3. The summed E-state index contributed by atoms with van der Waals surface area (Å²) >= 11 is 0. The quantitative estimate of drug-likeness (QED) is 0.344. The van der Waals surface area contributed by atoms with Crippen LogP contribution in [0.15, 0.2) is 54.6 Å². The highest BCUT2D eigenvalue weighted by Gasteiger charge is 2.30. The smallest absolute Gasteiger partial charge is 0.416 e. The van der Waals surface area contributed by atoms with Crippen molar-refractivity contribution in [3.8, 4) is 11.8 Å². The Kier molecular flexibility index (Phi) is 6.54. The van der Waals surface area contributed by atoms with Crippen molar-refractivity contribution in [1.82, 2.24) is 4.57 Å². The van der Waals surface area contributed by atoms with E-state index < -0.39 is 17.7 Å². The zero-order chi connectivity index (χ0) is 23.5. The van der Waals surface area contributed by atoms with E-state index in [1.807, 2.05) is 36.6 Å². The Morgan fingerprint density at radius 1 is 1.09 bits per heavy atom. The molecule has 164 valence electrons. The van der Waals surface area contributed by atoms with Gasteiger partial charge in [0.05, 0.1) is 29.4 Å². The molecule has 4 nitrogen and oxygen atoms in total. The fourth-order valence-corrected chi connectivity index (χ4v) is 3.52. The molecule has 1 aromatic heterocycles. The number of rotatable bonds is 5. The van der Waals surface area contributed by atoms with E-state index in [1.165, 1.54) is 12.1 Å². The van der Waals surface area contributed by atoms with Crippen LogP contribution in [-0.4, -0.2) is 17.1 Å². The summed E-state index contributed by atoms with van der Waals surface area (Å²) in [5, 5.41) is 9.61. The molecule has 0 aliphatic heterocycles. The summed E-state index contributed by atoms with van der Waals surface area (Å²) in [5.41, 5.74) is 2.97. The minimum Gasteiger partial charge on any atom is -0.462 e. The number of halogens is 3. The van der Waals surface area contributed by atoms with Gasteiger partial charge in [-0.05, 0) is 74.4 Å². The first-order chi connectivity index (χ1) is 15.2. The molecule has 1 heterocycles. The number of carbonyl (C=O) groups excluding carboxylic acids is 1. The van der Waals surface area contributed by atoms with Crippen molar-refractivity contribution in [3.63, 3.8) is 0 Å². The van der Waals surface area contributed by atoms with Crippen molar-refractivity contribution < 1.29 is 22.7 Å². The topological polar surface area (TPSA) is 55.0 Å². The van der Waals surface area contributed by atoms with E-state index in [9.17, 15) is 23.2 Å². The summed E-state index contributed by atoms with van der Waals surface area (Å²) in [4.78, 5) is 12.1. The molecule has 3 rings (SSSR count). The highest BCUT2D eigenvalue weighted by atomic mass is 19.4. The van der Waals surface area contributed by atoms with Crippen molar-refractivity contribution in [2.24, 2.45) is 0 Å². The maximum atomic E-state index is 13.1. The van der Waals surface area contributed by atoms with Crippen LogP contribution in [-0.2, 0) is 10.9 Å². The lowest BCUT2D eigenvalue weighted by Gasteiger charge is -2.11. The fourth-order valence-electron chi connectivity index (χ4n) is 3.52. The molecule has 0 amide bonds. The second-order valence-electron chi connectivity index (χ2n) is 7.18. The second kappa shape index (κ2) is 9.15. The van der Waals surface area contributed by atoms with Gasteiger partial charge in [-0.2, -0.15) is 18.4 Å². The summed E-state index contributed by atoms with van der Waals surface area (Å²) in [6, 6.07) is 15.5. The molecule has 0 spiro atoms. The monoisotopic (exact) mass is 438 g/mol. The van der Waals surface area contributed by atoms with E-state index in [0.29, 0.717) is 11.1 Å². The van der Waals surface area contributed by atoms with Crippen LogP contribution in [0, 0.1) is 25.2 Å². The normalized spacial score (nSPS) is 11.8. The van der Waals surface area contributed by atoms with Crippen LogP contribution in [0.3, 0.4) is 0 Å². The lowest BCUT2D eigenvalue weighted by atomic mass is 10.0. The Balaban J connectivity index is 2.04. The van der Waals surface area contributed by atoms with Crippen LogP contribution in [0.5, 0.6) is 0 Å². The van der Waals surface area contributed by atoms with Crippen LogP contribution >= 0.6 is 0 Å². The Hall–Kier alpha value is -3.79. The third-order valence-corrected chi connectivity index (χ3v) is 5.01. The number of benzene rings is 2. The SMILES string of the molecule is CCOC(=O)c1cccc(-n2c(C)cc(/C=C(/C#N)c3cccc(C(F)(F)F)c3)c2C)c1. The van der Waals surface area contributed by atoms with Gasteiger partial charge >= 0.3 is 12.1 Å². The van der Waals surface area contributed by atoms with Gasteiger partial charge in [0.15, 0.2) is 0 Å². The predicted octanol–water partition coefficient (Wildman–Crippen LogP) is 6.35. The number of nitriles is 1. The zero-order valence-electron chi connectivity index (χ0n) is 17.8. The Morgan fingerprint density at radius 2 is 1.78 bits per heavy atom. The molecule has 0 radical (unpaired) electrons. The predicted molar refractivity (Wildman–Crippen MR) is 116 cm³/mol. The molecule has 32 heavy (non-hydrogen) atoms. The molecule has 0 saturated carbocycles. The number of esters is 1. The van der Waals surface area contributed by atoms with Crippen LogP contribution in [0.25, 0.3) is 17.3 Å². The lowest BCUT2D eigenvalue weighted by molar-refractivity contribution is -0.137. The molecular weight excluding hydrogens is 417 g/mol. The van der Waals surface area contributed by atoms with E-state index >= 15 is 0 Å². The molecule has 0 aliphatic carbocycles.